The monoisotopic (exact) mass is 316 g/mol. The van der Waals surface area contributed by atoms with Crippen LogP contribution in [0.5, 0.6) is 0 Å². The normalized spacial score (nSPS) is 24.1. The van der Waals surface area contributed by atoms with Crippen molar-refractivity contribution in [1.29, 1.82) is 0 Å². The van der Waals surface area contributed by atoms with Crippen molar-refractivity contribution in [2.45, 2.75) is 50.6 Å². The number of aromatic nitrogens is 1. The third kappa shape index (κ3) is 4.75. The van der Waals surface area contributed by atoms with Gasteiger partial charge in [0.25, 0.3) is 0 Å². The van der Waals surface area contributed by atoms with Gasteiger partial charge < -0.3 is 10.6 Å². The van der Waals surface area contributed by atoms with Crippen molar-refractivity contribution in [3.05, 3.63) is 30.1 Å². The second-order valence-corrected chi connectivity index (χ2v) is 6.73. The summed E-state index contributed by atoms with van der Waals surface area (Å²) in [4.78, 5) is 19.0. The minimum atomic E-state index is 0.174. The molecule has 1 saturated heterocycles. The zero-order valence-corrected chi connectivity index (χ0v) is 13.8. The van der Waals surface area contributed by atoms with Crippen LogP contribution in [0, 0.1) is 0 Å². The van der Waals surface area contributed by atoms with Crippen molar-refractivity contribution in [2.75, 3.05) is 26.2 Å². The molecule has 2 heterocycles. The number of rotatable bonds is 4. The minimum absolute atomic E-state index is 0.174. The summed E-state index contributed by atoms with van der Waals surface area (Å²) >= 11 is 0. The molecule has 1 saturated carbocycles. The van der Waals surface area contributed by atoms with Crippen LogP contribution in [-0.2, 0) is 4.79 Å². The average Bonchev–Trinajstić information content (AvgIpc) is 2.85. The van der Waals surface area contributed by atoms with E-state index in [1.54, 1.807) is 6.20 Å². The molecule has 2 N–H and O–H groups in total. The quantitative estimate of drug-likeness (QED) is 0.833. The maximum Gasteiger partial charge on any atom is 0.234 e. The highest BCUT2D eigenvalue weighted by Crippen LogP contribution is 2.21. The second-order valence-electron chi connectivity index (χ2n) is 6.73. The van der Waals surface area contributed by atoms with E-state index >= 15 is 0 Å². The number of nitrogens with one attached hydrogen (secondary N) is 2. The van der Waals surface area contributed by atoms with Crippen molar-refractivity contribution in [3.8, 4) is 0 Å². The van der Waals surface area contributed by atoms with Gasteiger partial charge in [-0.3, -0.25) is 14.7 Å². The van der Waals surface area contributed by atoms with Gasteiger partial charge in [0.1, 0.15) is 0 Å². The molecule has 5 heteroatoms. The van der Waals surface area contributed by atoms with E-state index in [1.807, 2.05) is 12.3 Å². The zero-order chi connectivity index (χ0) is 15.9. The maximum atomic E-state index is 12.5. The number of carbonyl (C=O) groups is 1. The van der Waals surface area contributed by atoms with E-state index in [0.29, 0.717) is 12.6 Å². The van der Waals surface area contributed by atoms with Gasteiger partial charge in [0.2, 0.25) is 5.91 Å². The van der Waals surface area contributed by atoms with Crippen LogP contribution in [0.15, 0.2) is 24.5 Å². The van der Waals surface area contributed by atoms with Crippen LogP contribution in [-0.4, -0.2) is 48.0 Å². The van der Waals surface area contributed by atoms with Crippen LogP contribution in [0.25, 0.3) is 0 Å². The molecule has 23 heavy (non-hydrogen) atoms. The summed E-state index contributed by atoms with van der Waals surface area (Å²) in [6, 6.07) is 4.68. The summed E-state index contributed by atoms with van der Waals surface area (Å²) in [6.45, 7) is 3.20. The molecule has 0 radical (unpaired) electrons. The molecule has 126 valence electrons. The number of piperazine rings is 1. The number of amides is 1. The highest BCUT2D eigenvalue weighted by atomic mass is 16.2. The van der Waals surface area contributed by atoms with E-state index in [0.717, 1.165) is 32.5 Å². The topological polar surface area (TPSA) is 57.3 Å². The van der Waals surface area contributed by atoms with Gasteiger partial charge in [0.05, 0.1) is 6.54 Å². The third-order valence-corrected chi connectivity index (χ3v) is 4.99. The van der Waals surface area contributed by atoms with E-state index in [9.17, 15) is 4.79 Å². The Bertz CT molecular complexity index is 485. The van der Waals surface area contributed by atoms with Gasteiger partial charge in [-0.1, -0.05) is 31.7 Å². The molecule has 2 fully saturated rings. The standard InChI is InChI=1S/C18H28N4O/c23-18(21-16-7-3-1-2-4-8-16)14-22-11-10-20-13-17(22)15-6-5-9-19-12-15/h5-6,9,12,16-17,20H,1-4,7-8,10-11,13-14H2,(H,21,23). The van der Waals surface area contributed by atoms with E-state index in [1.165, 1.54) is 31.2 Å². The van der Waals surface area contributed by atoms with Gasteiger partial charge in [0, 0.05) is 44.1 Å². The molecule has 0 bridgehead atoms. The van der Waals surface area contributed by atoms with Crippen LogP contribution >= 0.6 is 0 Å². The van der Waals surface area contributed by atoms with E-state index < -0.39 is 0 Å². The van der Waals surface area contributed by atoms with E-state index in [-0.39, 0.29) is 11.9 Å². The summed E-state index contributed by atoms with van der Waals surface area (Å²) < 4.78 is 0. The lowest BCUT2D eigenvalue weighted by atomic mass is 10.1. The Labute approximate surface area is 138 Å². The predicted octanol–water partition coefficient (Wildman–Crippen LogP) is 1.87. The second kappa shape index (κ2) is 8.41. The summed E-state index contributed by atoms with van der Waals surface area (Å²) in [5.74, 6) is 0.174. The number of carbonyl (C=O) groups excluding carboxylic acids is 1. The van der Waals surface area contributed by atoms with Gasteiger partial charge in [-0.05, 0) is 24.5 Å². The predicted molar refractivity (Wildman–Crippen MR) is 91.1 cm³/mol. The number of hydrogen-bond donors (Lipinski definition) is 2. The fraction of sp³-hybridized carbons (Fsp3) is 0.667. The Balaban J connectivity index is 1.57. The molecule has 0 aromatic carbocycles. The molecule has 3 rings (SSSR count). The molecule has 1 aliphatic heterocycles. The molecule has 1 unspecified atom stereocenters. The largest absolute Gasteiger partial charge is 0.352 e. The minimum Gasteiger partial charge on any atom is -0.352 e. The first-order chi connectivity index (χ1) is 11.3. The molecule has 1 amide bonds. The van der Waals surface area contributed by atoms with Gasteiger partial charge in [-0.25, -0.2) is 0 Å². The Kier molecular flexibility index (Phi) is 6.00. The smallest absolute Gasteiger partial charge is 0.234 e. The van der Waals surface area contributed by atoms with Crippen LogP contribution in [0.1, 0.15) is 50.1 Å². The highest BCUT2D eigenvalue weighted by Gasteiger charge is 2.26. The van der Waals surface area contributed by atoms with Crippen molar-refractivity contribution in [3.63, 3.8) is 0 Å². The molecule has 1 aliphatic carbocycles. The lowest BCUT2D eigenvalue weighted by Gasteiger charge is -2.36. The van der Waals surface area contributed by atoms with Crippen molar-refractivity contribution in [1.82, 2.24) is 20.5 Å². The van der Waals surface area contributed by atoms with Crippen molar-refractivity contribution in [2.24, 2.45) is 0 Å². The van der Waals surface area contributed by atoms with Crippen LogP contribution in [0.3, 0.4) is 0 Å². The SMILES string of the molecule is O=C(CN1CCNCC1c1cccnc1)NC1CCCCCC1. The van der Waals surface area contributed by atoms with Gasteiger partial charge >= 0.3 is 0 Å². The Morgan fingerprint density at radius 1 is 1.30 bits per heavy atom. The molecule has 2 aliphatic rings. The summed E-state index contributed by atoms with van der Waals surface area (Å²) in [5.41, 5.74) is 1.18. The molecule has 1 atom stereocenters. The first-order valence-corrected chi connectivity index (χ1v) is 8.97. The average molecular weight is 316 g/mol. The molecular formula is C18H28N4O. The summed E-state index contributed by atoms with van der Waals surface area (Å²) in [7, 11) is 0. The molecule has 0 spiro atoms. The van der Waals surface area contributed by atoms with E-state index in [2.05, 4.69) is 26.6 Å². The van der Waals surface area contributed by atoms with Gasteiger partial charge in [-0.15, -0.1) is 0 Å². The lowest BCUT2D eigenvalue weighted by Crippen LogP contribution is -2.50. The van der Waals surface area contributed by atoms with Gasteiger partial charge in [0.15, 0.2) is 0 Å². The molecule has 1 aromatic rings. The fourth-order valence-corrected chi connectivity index (χ4v) is 3.72. The Hall–Kier alpha value is -1.46. The van der Waals surface area contributed by atoms with Crippen LogP contribution < -0.4 is 10.6 Å². The Morgan fingerprint density at radius 3 is 2.87 bits per heavy atom. The van der Waals surface area contributed by atoms with Crippen LogP contribution in [0.2, 0.25) is 0 Å². The summed E-state index contributed by atoms with van der Waals surface area (Å²) in [6.07, 6.45) is 11.1. The number of hydrogen-bond acceptors (Lipinski definition) is 4. The molecule has 1 aromatic heterocycles. The van der Waals surface area contributed by atoms with Gasteiger partial charge in [-0.2, -0.15) is 0 Å². The zero-order valence-electron chi connectivity index (χ0n) is 13.8. The first-order valence-electron chi connectivity index (χ1n) is 8.97. The number of nitrogens with zero attached hydrogens (tertiary/aromatic N) is 2. The fourth-order valence-electron chi connectivity index (χ4n) is 3.72. The van der Waals surface area contributed by atoms with E-state index in [4.69, 9.17) is 0 Å². The van der Waals surface area contributed by atoms with Crippen molar-refractivity contribution >= 4 is 5.91 Å². The Morgan fingerprint density at radius 2 is 2.13 bits per heavy atom. The molecular weight excluding hydrogens is 288 g/mol. The first kappa shape index (κ1) is 16.4. The van der Waals surface area contributed by atoms with Crippen LogP contribution in [0.4, 0.5) is 0 Å². The number of pyridine rings is 1. The lowest BCUT2D eigenvalue weighted by molar-refractivity contribution is -0.123. The highest BCUT2D eigenvalue weighted by molar-refractivity contribution is 5.78. The molecule has 5 nitrogen and oxygen atoms in total. The maximum absolute atomic E-state index is 12.5. The third-order valence-electron chi connectivity index (χ3n) is 4.99. The van der Waals surface area contributed by atoms with Crippen molar-refractivity contribution < 1.29 is 4.79 Å². The summed E-state index contributed by atoms with van der Waals surface area (Å²) in [5, 5.41) is 6.69.